The van der Waals surface area contributed by atoms with E-state index in [2.05, 4.69) is 20.9 Å². The van der Waals surface area contributed by atoms with E-state index in [0.717, 1.165) is 37.4 Å². The van der Waals surface area contributed by atoms with E-state index in [9.17, 15) is 9.59 Å². The fraction of sp³-hybridized carbons (Fsp3) is 0.238. The molecule has 2 amide bonds. The van der Waals surface area contributed by atoms with Gasteiger partial charge in [-0.1, -0.05) is 30.3 Å². The zero-order valence-electron chi connectivity index (χ0n) is 14.9. The molecule has 0 spiro atoms. The molecule has 2 aliphatic rings. The summed E-state index contributed by atoms with van der Waals surface area (Å²) >= 11 is 0. The van der Waals surface area contributed by atoms with Gasteiger partial charge >= 0.3 is 6.03 Å². The van der Waals surface area contributed by atoms with E-state index in [-0.39, 0.29) is 11.8 Å². The molecule has 2 aromatic carbocycles. The molecule has 1 atom stereocenters. The van der Waals surface area contributed by atoms with Crippen LogP contribution in [0.2, 0.25) is 0 Å². The Kier molecular flexibility index (Phi) is 4.89. The number of ketones is 1. The largest absolute Gasteiger partial charge is 0.369 e. The standard InChI is InChI=1S/C21H22N4O2/c26-20(16-6-8-17(9-7-16)25-12-10-22-11-13-25)18-14-23-21(27)24-19(18)15-4-2-1-3-5-15/h1-9,14,19,22H,10-13H2,(H2,23,24,27). The summed E-state index contributed by atoms with van der Waals surface area (Å²) in [6, 6.07) is 16.5. The Bertz CT molecular complexity index is 856. The summed E-state index contributed by atoms with van der Waals surface area (Å²) < 4.78 is 0. The smallest absolute Gasteiger partial charge is 0.319 e. The number of rotatable bonds is 4. The average molecular weight is 362 g/mol. The lowest BCUT2D eigenvalue weighted by molar-refractivity contribution is 0.102. The second kappa shape index (κ2) is 7.63. The van der Waals surface area contributed by atoms with Crippen LogP contribution in [0.25, 0.3) is 0 Å². The van der Waals surface area contributed by atoms with Gasteiger partial charge in [-0.15, -0.1) is 0 Å². The SMILES string of the molecule is O=C1NC=C(C(=O)c2ccc(N3CCNCC3)cc2)C(c2ccccc2)N1. The minimum absolute atomic E-state index is 0.0942. The van der Waals surface area contributed by atoms with Crippen LogP contribution >= 0.6 is 0 Å². The number of hydrogen-bond donors (Lipinski definition) is 3. The first-order chi connectivity index (χ1) is 13.2. The second-order valence-electron chi connectivity index (χ2n) is 6.67. The number of benzene rings is 2. The number of Topliss-reactive ketones (excluding diaryl/α,β-unsaturated/α-hetero) is 1. The predicted molar refractivity (Wildman–Crippen MR) is 105 cm³/mol. The maximum Gasteiger partial charge on any atom is 0.319 e. The highest BCUT2D eigenvalue weighted by Gasteiger charge is 2.28. The summed E-state index contributed by atoms with van der Waals surface area (Å²) in [7, 11) is 0. The number of carbonyl (C=O) groups is 2. The van der Waals surface area contributed by atoms with E-state index < -0.39 is 6.04 Å². The first-order valence-electron chi connectivity index (χ1n) is 9.15. The van der Waals surface area contributed by atoms with Crippen LogP contribution in [0.15, 0.2) is 66.4 Å². The van der Waals surface area contributed by atoms with Gasteiger partial charge in [0, 0.05) is 49.2 Å². The monoisotopic (exact) mass is 362 g/mol. The zero-order valence-corrected chi connectivity index (χ0v) is 14.9. The van der Waals surface area contributed by atoms with Crippen LogP contribution in [-0.2, 0) is 0 Å². The van der Waals surface area contributed by atoms with Crippen LogP contribution in [0.1, 0.15) is 22.0 Å². The first kappa shape index (κ1) is 17.3. The lowest BCUT2D eigenvalue weighted by atomic mass is 9.92. The molecule has 0 aliphatic carbocycles. The first-order valence-corrected chi connectivity index (χ1v) is 9.15. The molecule has 0 bridgehead atoms. The number of nitrogens with zero attached hydrogens (tertiary/aromatic N) is 1. The Labute approximate surface area is 158 Å². The highest BCUT2D eigenvalue weighted by Crippen LogP contribution is 2.27. The van der Waals surface area contributed by atoms with Crippen LogP contribution in [0.5, 0.6) is 0 Å². The number of carbonyl (C=O) groups excluding carboxylic acids is 2. The maximum absolute atomic E-state index is 13.1. The van der Waals surface area contributed by atoms with Crippen molar-refractivity contribution in [1.29, 1.82) is 0 Å². The third kappa shape index (κ3) is 3.71. The van der Waals surface area contributed by atoms with Gasteiger partial charge in [-0.2, -0.15) is 0 Å². The molecule has 27 heavy (non-hydrogen) atoms. The molecule has 0 aromatic heterocycles. The number of nitrogens with one attached hydrogen (secondary N) is 3. The Morgan fingerprint density at radius 3 is 2.37 bits per heavy atom. The van der Waals surface area contributed by atoms with Crippen LogP contribution in [0, 0.1) is 0 Å². The van der Waals surface area contributed by atoms with Crippen LogP contribution in [-0.4, -0.2) is 38.0 Å². The molecule has 0 saturated carbocycles. The van der Waals surface area contributed by atoms with E-state index in [4.69, 9.17) is 0 Å². The summed E-state index contributed by atoms with van der Waals surface area (Å²) in [5.41, 5.74) is 3.14. The molecule has 0 radical (unpaired) electrons. The van der Waals surface area contributed by atoms with E-state index in [1.54, 1.807) is 0 Å². The number of amides is 2. The molecule has 1 fully saturated rings. The van der Waals surface area contributed by atoms with Crippen LogP contribution < -0.4 is 20.9 Å². The van der Waals surface area contributed by atoms with Gasteiger partial charge in [-0.05, 0) is 29.8 Å². The van der Waals surface area contributed by atoms with Gasteiger partial charge in [0.15, 0.2) is 5.78 Å². The number of hydrogen-bond acceptors (Lipinski definition) is 4. The Hall–Kier alpha value is -3.12. The van der Waals surface area contributed by atoms with Crippen LogP contribution in [0.3, 0.4) is 0 Å². The number of urea groups is 1. The van der Waals surface area contributed by atoms with Crippen molar-refractivity contribution in [3.8, 4) is 0 Å². The average Bonchev–Trinajstić information content (AvgIpc) is 2.74. The molecule has 2 heterocycles. The third-order valence-corrected chi connectivity index (χ3v) is 4.95. The van der Waals surface area contributed by atoms with Crippen molar-refractivity contribution in [2.24, 2.45) is 0 Å². The van der Waals surface area contributed by atoms with Crippen molar-refractivity contribution in [3.63, 3.8) is 0 Å². The molecule has 138 valence electrons. The van der Waals surface area contributed by atoms with E-state index in [0.29, 0.717) is 11.1 Å². The van der Waals surface area contributed by atoms with Gasteiger partial charge in [-0.3, -0.25) is 4.79 Å². The van der Waals surface area contributed by atoms with Crippen molar-refractivity contribution in [2.75, 3.05) is 31.1 Å². The van der Waals surface area contributed by atoms with Gasteiger partial charge in [0.05, 0.1) is 6.04 Å². The van der Waals surface area contributed by atoms with Gasteiger partial charge < -0.3 is 20.9 Å². The fourth-order valence-corrected chi connectivity index (χ4v) is 3.50. The highest BCUT2D eigenvalue weighted by molar-refractivity contribution is 6.10. The minimum Gasteiger partial charge on any atom is -0.369 e. The molecule has 2 aromatic rings. The molecule has 1 unspecified atom stereocenters. The fourth-order valence-electron chi connectivity index (χ4n) is 3.50. The van der Waals surface area contributed by atoms with Gasteiger partial charge in [-0.25, -0.2) is 4.79 Å². The molecule has 2 aliphatic heterocycles. The van der Waals surface area contributed by atoms with Crippen molar-refractivity contribution in [2.45, 2.75) is 6.04 Å². The molecule has 6 heteroatoms. The zero-order chi connectivity index (χ0) is 18.6. The molecule has 1 saturated heterocycles. The van der Waals surface area contributed by atoms with E-state index in [1.165, 1.54) is 6.20 Å². The number of piperazine rings is 1. The van der Waals surface area contributed by atoms with E-state index >= 15 is 0 Å². The normalized spacial score (nSPS) is 19.7. The Balaban J connectivity index is 1.57. The maximum atomic E-state index is 13.1. The third-order valence-electron chi connectivity index (χ3n) is 4.95. The van der Waals surface area contributed by atoms with Gasteiger partial charge in [0.1, 0.15) is 0 Å². The summed E-state index contributed by atoms with van der Waals surface area (Å²) in [6.45, 7) is 3.87. The molecule has 6 nitrogen and oxygen atoms in total. The highest BCUT2D eigenvalue weighted by atomic mass is 16.2. The van der Waals surface area contributed by atoms with Gasteiger partial charge in [0.25, 0.3) is 0 Å². The summed E-state index contributed by atoms with van der Waals surface area (Å²) in [4.78, 5) is 27.2. The lowest BCUT2D eigenvalue weighted by Crippen LogP contribution is -2.43. The Morgan fingerprint density at radius 1 is 0.963 bits per heavy atom. The van der Waals surface area contributed by atoms with E-state index in [1.807, 2.05) is 54.6 Å². The minimum atomic E-state index is -0.458. The summed E-state index contributed by atoms with van der Waals surface area (Å²) in [5.74, 6) is -0.0942. The Morgan fingerprint density at radius 2 is 1.67 bits per heavy atom. The van der Waals surface area contributed by atoms with Crippen molar-refractivity contribution in [3.05, 3.63) is 77.5 Å². The molecule has 4 rings (SSSR count). The number of anilines is 1. The van der Waals surface area contributed by atoms with Crippen molar-refractivity contribution < 1.29 is 9.59 Å². The second-order valence-corrected chi connectivity index (χ2v) is 6.67. The van der Waals surface area contributed by atoms with Crippen molar-refractivity contribution in [1.82, 2.24) is 16.0 Å². The molecule has 3 N–H and O–H groups in total. The van der Waals surface area contributed by atoms with Crippen LogP contribution in [0.4, 0.5) is 10.5 Å². The predicted octanol–water partition coefficient (Wildman–Crippen LogP) is 2.22. The topological polar surface area (TPSA) is 73.5 Å². The molecular weight excluding hydrogens is 340 g/mol. The quantitative estimate of drug-likeness (QED) is 0.729. The lowest BCUT2D eigenvalue weighted by Gasteiger charge is -2.29. The van der Waals surface area contributed by atoms with Gasteiger partial charge in [0.2, 0.25) is 0 Å². The summed E-state index contributed by atoms with van der Waals surface area (Å²) in [6.07, 6.45) is 1.52. The summed E-state index contributed by atoms with van der Waals surface area (Å²) in [5, 5.41) is 8.78. The van der Waals surface area contributed by atoms with Crippen molar-refractivity contribution >= 4 is 17.5 Å². The molecular formula is C21H22N4O2.